The molecule has 0 saturated heterocycles. The van der Waals surface area contributed by atoms with Crippen LogP contribution in [-0.4, -0.2) is 75.4 Å². The van der Waals surface area contributed by atoms with Crippen molar-refractivity contribution in [2.24, 2.45) is 11.5 Å². The van der Waals surface area contributed by atoms with Crippen LogP contribution in [0.25, 0.3) is 10.9 Å². The summed E-state index contributed by atoms with van der Waals surface area (Å²) in [5, 5.41) is 25.3. The van der Waals surface area contributed by atoms with Gasteiger partial charge in [0.05, 0.1) is 12.6 Å². The molecule has 1 aromatic heterocycles. The number of fused-ring (bicyclic) bond motifs is 1. The van der Waals surface area contributed by atoms with E-state index in [4.69, 9.17) is 16.9 Å². The van der Waals surface area contributed by atoms with Crippen LogP contribution in [0.4, 0.5) is 4.79 Å². The molecule has 2 aromatic carbocycles. The van der Waals surface area contributed by atoms with E-state index in [-0.39, 0.29) is 38.3 Å². The number of nitrogens with two attached hydrogens (primary N) is 2. The molecule has 8 N–H and O–H groups in total. The first-order valence-corrected chi connectivity index (χ1v) is 16.1. The van der Waals surface area contributed by atoms with Crippen LogP contribution in [0, 0.1) is 15.5 Å². The molecular weight excluding hydrogens is 602 g/mol. The van der Waals surface area contributed by atoms with Crippen LogP contribution < -0.4 is 22.1 Å². The van der Waals surface area contributed by atoms with Gasteiger partial charge in [0.1, 0.15) is 6.04 Å². The van der Waals surface area contributed by atoms with Crippen LogP contribution in [0.2, 0.25) is 0 Å². The monoisotopic (exact) mass is 649 g/mol. The highest BCUT2D eigenvalue weighted by Gasteiger charge is 2.27. The average molecular weight is 650 g/mol. The maximum Gasteiger partial charge on any atom is 0.314 e. The minimum absolute atomic E-state index is 0.0525. The van der Waals surface area contributed by atoms with Crippen molar-refractivity contribution in [3.63, 3.8) is 0 Å². The number of carbonyl (C=O) groups excluding carboxylic acids is 3. The number of para-hydroxylation sites is 1. The van der Waals surface area contributed by atoms with Gasteiger partial charge < -0.3 is 32.0 Å². The molecule has 0 spiro atoms. The maximum absolute atomic E-state index is 13.9. The van der Waals surface area contributed by atoms with E-state index >= 15 is 0 Å². The molecule has 0 bridgehead atoms. The summed E-state index contributed by atoms with van der Waals surface area (Å²) in [4.78, 5) is 55.5. The summed E-state index contributed by atoms with van der Waals surface area (Å²) >= 11 is 0. The van der Waals surface area contributed by atoms with Gasteiger partial charge in [0.25, 0.3) is 5.96 Å². The van der Waals surface area contributed by atoms with Crippen molar-refractivity contribution in [1.82, 2.24) is 25.5 Å². The molecule has 4 amide bonds. The molecule has 0 aliphatic heterocycles. The fraction of sp³-hybridized carbons (Fsp3) is 0.455. The Hall–Kier alpha value is -5.14. The topological polar surface area (TPSA) is 217 Å². The van der Waals surface area contributed by atoms with E-state index in [1.54, 1.807) is 0 Å². The van der Waals surface area contributed by atoms with Crippen molar-refractivity contribution >= 4 is 34.7 Å². The Morgan fingerprint density at radius 2 is 1.70 bits per heavy atom. The zero-order valence-electron chi connectivity index (χ0n) is 27.0. The molecule has 1 heterocycles. The van der Waals surface area contributed by atoms with Crippen LogP contribution in [0.5, 0.6) is 0 Å². The molecule has 3 aromatic rings. The highest BCUT2D eigenvalue weighted by molar-refractivity contribution is 5.88. The molecule has 47 heavy (non-hydrogen) atoms. The van der Waals surface area contributed by atoms with Gasteiger partial charge in [0.2, 0.25) is 11.8 Å². The number of aromatic amines is 1. The number of hydrazine groups is 1. The molecule has 14 heteroatoms. The number of rotatable bonds is 20. The van der Waals surface area contributed by atoms with E-state index in [0.29, 0.717) is 24.4 Å². The van der Waals surface area contributed by atoms with Gasteiger partial charge >= 0.3 is 6.03 Å². The largest absolute Gasteiger partial charge is 0.365 e. The number of hydrogen-bond donors (Lipinski definition) is 6. The fourth-order valence-corrected chi connectivity index (χ4v) is 5.49. The second-order valence-corrected chi connectivity index (χ2v) is 11.6. The van der Waals surface area contributed by atoms with Crippen LogP contribution in [0.3, 0.4) is 0 Å². The number of guanidine groups is 1. The molecule has 254 valence electrons. The van der Waals surface area contributed by atoms with Gasteiger partial charge in [-0.15, -0.1) is 0 Å². The number of carbonyl (C=O) groups is 3. The Balaban J connectivity index is 1.80. The summed E-state index contributed by atoms with van der Waals surface area (Å²) in [6, 6.07) is 15.1. The van der Waals surface area contributed by atoms with Gasteiger partial charge in [-0.05, 0) is 49.3 Å². The minimum atomic E-state index is -1.03. The van der Waals surface area contributed by atoms with Gasteiger partial charge in [-0.2, -0.15) is 0 Å². The van der Waals surface area contributed by atoms with Gasteiger partial charge in [-0.1, -0.05) is 79.7 Å². The number of nitrogens with zero attached hydrogens (tertiary/aromatic N) is 3. The smallest absolute Gasteiger partial charge is 0.314 e. The lowest BCUT2D eigenvalue weighted by Crippen LogP contribution is -2.54. The Labute approximate surface area is 274 Å². The van der Waals surface area contributed by atoms with Crippen LogP contribution in [0.15, 0.2) is 60.8 Å². The van der Waals surface area contributed by atoms with Crippen molar-refractivity contribution in [2.75, 3.05) is 19.6 Å². The molecule has 0 aliphatic rings. The van der Waals surface area contributed by atoms with Crippen molar-refractivity contribution in [3.8, 4) is 0 Å². The number of aryl methyl sites for hydroxylation is 1. The van der Waals surface area contributed by atoms with E-state index in [9.17, 15) is 24.5 Å². The lowest BCUT2D eigenvalue weighted by molar-refractivity contribution is -0.629. The molecule has 0 radical (unpaired) electrons. The van der Waals surface area contributed by atoms with Crippen molar-refractivity contribution < 1.29 is 19.4 Å². The zero-order valence-corrected chi connectivity index (χ0v) is 27.0. The SMILES string of the molecule is CCCCCCN(CC(Cc1c[nH]c2ccccc12)NC(=O)C(CCCN(C(=N)N)[N+](=O)[O-])NC(=O)CCc1ccccc1)C(N)=O. The van der Waals surface area contributed by atoms with E-state index in [2.05, 4.69) is 22.5 Å². The van der Waals surface area contributed by atoms with E-state index < -0.39 is 35.0 Å². The third kappa shape index (κ3) is 11.9. The van der Waals surface area contributed by atoms with Crippen LogP contribution >= 0.6 is 0 Å². The van der Waals surface area contributed by atoms with Gasteiger partial charge in [-0.25, -0.2) is 14.9 Å². The van der Waals surface area contributed by atoms with Crippen molar-refractivity contribution in [1.29, 1.82) is 5.41 Å². The Bertz CT molecular complexity index is 1470. The number of H-pyrrole nitrogens is 1. The minimum Gasteiger partial charge on any atom is -0.365 e. The molecule has 0 fully saturated rings. The molecule has 0 aliphatic carbocycles. The number of nitro groups is 1. The Morgan fingerprint density at radius 1 is 0.979 bits per heavy atom. The summed E-state index contributed by atoms with van der Waals surface area (Å²) in [6.45, 7) is 2.47. The first-order valence-electron chi connectivity index (χ1n) is 16.1. The van der Waals surface area contributed by atoms with E-state index in [1.807, 2.05) is 60.8 Å². The van der Waals surface area contributed by atoms with Crippen LogP contribution in [-0.2, 0) is 22.4 Å². The fourth-order valence-electron chi connectivity index (χ4n) is 5.49. The maximum atomic E-state index is 13.9. The second kappa shape index (κ2) is 18.7. The number of unbranched alkanes of at least 4 members (excludes halogenated alkanes) is 3. The summed E-state index contributed by atoms with van der Waals surface area (Å²) < 4.78 is 0. The first-order chi connectivity index (χ1) is 22.6. The number of primary amides is 1. The van der Waals surface area contributed by atoms with Gasteiger partial charge in [0.15, 0.2) is 5.03 Å². The molecule has 2 atom stereocenters. The third-order valence-electron chi connectivity index (χ3n) is 7.99. The molecule has 0 saturated carbocycles. The average Bonchev–Trinajstić information content (AvgIpc) is 3.45. The van der Waals surface area contributed by atoms with Crippen LogP contribution in [0.1, 0.15) is 63.0 Å². The number of benzene rings is 2. The van der Waals surface area contributed by atoms with Gasteiger partial charge in [0, 0.05) is 36.6 Å². The van der Waals surface area contributed by atoms with E-state index in [1.165, 1.54) is 4.90 Å². The number of aromatic nitrogens is 1. The summed E-state index contributed by atoms with van der Waals surface area (Å²) in [7, 11) is 0. The normalized spacial score (nSPS) is 12.2. The number of amides is 4. The standard InChI is InChI=1S/C33H47N9O5/c1-2-3-4-10-19-40(33(36)45)23-26(21-25-22-37-28-15-9-8-14-27(25)28)38-31(44)29(16-11-20-41(32(34)35)42(46)47)39-30(43)18-17-24-12-6-5-7-13-24/h5-9,12-15,22,26,29,37H,2-4,10-11,16-21,23H2,1H3,(H3,34,35)(H2,36,45)(H,38,44)(H,39,43). The molecule has 3 rings (SSSR count). The predicted octanol–water partition coefficient (Wildman–Crippen LogP) is 3.44. The zero-order chi connectivity index (χ0) is 34.2. The Morgan fingerprint density at radius 3 is 2.38 bits per heavy atom. The van der Waals surface area contributed by atoms with E-state index in [0.717, 1.165) is 47.7 Å². The number of nitrogens with one attached hydrogen (secondary N) is 4. The van der Waals surface area contributed by atoms with Gasteiger partial charge in [-0.3, -0.25) is 15.0 Å². The third-order valence-corrected chi connectivity index (χ3v) is 7.99. The highest BCUT2D eigenvalue weighted by atomic mass is 16.7. The molecule has 14 nitrogen and oxygen atoms in total. The van der Waals surface area contributed by atoms with Crippen molar-refractivity contribution in [2.45, 2.75) is 76.8 Å². The lowest BCUT2D eigenvalue weighted by Gasteiger charge is -2.29. The Kier molecular flexibility index (Phi) is 14.5. The lowest BCUT2D eigenvalue weighted by atomic mass is 10.0. The van der Waals surface area contributed by atoms with Crippen molar-refractivity contribution in [3.05, 3.63) is 82.0 Å². The highest BCUT2D eigenvalue weighted by Crippen LogP contribution is 2.20. The second-order valence-electron chi connectivity index (χ2n) is 11.6. The number of hydrogen-bond acceptors (Lipinski definition) is 6. The number of urea groups is 1. The summed E-state index contributed by atoms with van der Waals surface area (Å²) in [5.74, 6) is -1.57. The predicted molar refractivity (Wildman–Crippen MR) is 181 cm³/mol. The summed E-state index contributed by atoms with van der Waals surface area (Å²) in [5.41, 5.74) is 14.0. The molecule has 2 unspecified atom stereocenters. The summed E-state index contributed by atoms with van der Waals surface area (Å²) in [6.07, 6.45) is 6.78. The quantitative estimate of drug-likeness (QED) is 0.0352. The molecular formula is C33H47N9O5. The first kappa shape index (κ1) is 36.3.